The van der Waals surface area contributed by atoms with Crippen LogP contribution in [0, 0.1) is 5.82 Å². The summed E-state index contributed by atoms with van der Waals surface area (Å²) in [5.41, 5.74) is 1.25. The molecule has 1 saturated heterocycles. The molecule has 0 spiro atoms. The summed E-state index contributed by atoms with van der Waals surface area (Å²) >= 11 is 0. The second-order valence-electron chi connectivity index (χ2n) is 6.59. The molecule has 3 rings (SSSR count). The van der Waals surface area contributed by atoms with E-state index in [9.17, 15) is 14.0 Å². The summed E-state index contributed by atoms with van der Waals surface area (Å²) in [5, 5.41) is 2.63. The number of benzene rings is 1. The molecular weight excluding hydrogens is 362 g/mol. The molecule has 1 heterocycles. The molecule has 1 aliphatic heterocycles. The van der Waals surface area contributed by atoms with E-state index in [-0.39, 0.29) is 42.7 Å². The van der Waals surface area contributed by atoms with E-state index in [0.29, 0.717) is 12.2 Å². The first-order valence-electron chi connectivity index (χ1n) is 8.56. The summed E-state index contributed by atoms with van der Waals surface area (Å²) in [6.07, 6.45) is 4.66. The van der Waals surface area contributed by atoms with Gasteiger partial charge in [-0.15, -0.1) is 0 Å². The van der Waals surface area contributed by atoms with Gasteiger partial charge in [-0.05, 0) is 36.5 Å². The molecule has 2 fully saturated rings. The number of rotatable bonds is 4. The van der Waals surface area contributed by atoms with Crippen molar-refractivity contribution in [1.82, 2.24) is 5.32 Å². The maximum atomic E-state index is 14.5. The van der Waals surface area contributed by atoms with Gasteiger partial charge in [-0.2, -0.15) is 0 Å². The third-order valence-corrected chi connectivity index (χ3v) is 4.79. The molecule has 2 amide bonds. The molecule has 1 aliphatic carbocycles. The van der Waals surface area contributed by atoms with Crippen molar-refractivity contribution in [3.05, 3.63) is 29.6 Å². The second-order valence-corrected chi connectivity index (χ2v) is 6.59. The summed E-state index contributed by atoms with van der Waals surface area (Å²) in [5.74, 6) is -0.143. The molecule has 1 aromatic rings. The zero-order valence-electron chi connectivity index (χ0n) is 14.3. The van der Waals surface area contributed by atoms with Gasteiger partial charge in [0.2, 0.25) is 5.91 Å². The number of anilines is 1. The van der Waals surface area contributed by atoms with Crippen molar-refractivity contribution < 1.29 is 37.3 Å². The van der Waals surface area contributed by atoms with E-state index in [4.69, 9.17) is 4.74 Å². The van der Waals surface area contributed by atoms with Gasteiger partial charge < -0.3 is 10.1 Å². The molecule has 0 bridgehead atoms. The Hall–Kier alpha value is -1.53. The third kappa shape index (κ3) is 4.76. The Morgan fingerprint density at radius 3 is 2.68 bits per heavy atom. The van der Waals surface area contributed by atoms with E-state index in [0.717, 1.165) is 31.2 Å². The van der Waals surface area contributed by atoms with E-state index >= 15 is 0 Å². The molecule has 1 radical (unpaired) electrons. The Morgan fingerprint density at radius 2 is 2.04 bits per heavy atom. The van der Waals surface area contributed by atoms with Gasteiger partial charge >= 0.3 is 6.09 Å². The minimum absolute atomic E-state index is 0. The summed E-state index contributed by atoms with van der Waals surface area (Å²) in [6, 6.07) is 5.01. The van der Waals surface area contributed by atoms with Gasteiger partial charge in [0, 0.05) is 25.5 Å². The van der Waals surface area contributed by atoms with E-state index in [1.165, 1.54) is 24.3 Å². The first-order valence-corrected chi connectivity index (χ1v) is 8.56. The largest absolute Gasteiger partial charge is 0.442 e. The smallest absolute Gasteiger partial charge is 0.414 e. The number of amides is 2. The van der Waals surface area contributed by atoms with Crippen LogP contribution in [-0.4, -0.2) is 31.2 Å². The summed E-state index contributed by atoms with van der Waals surface area (Å²) in [4.78, 5) is 24.4. The molecule has 1 atom stereocenters. The van der Waals surface area contributed by atoms with Crippen LogP contribution in [0.15, 0.2) is 18.2 Å². The van der Waals surface area contributed by atoms with Crippen LogP contribution in [0.2, 0.25) is 0 Å². The fourth-order valence-electron chi connectivity index (χ4n) is 3.52. The number of cyclic esters (lactones) is 1. The standard InChI is InChI=1S/C18H23FN2O3.V/c1-12(22)20-10-15-11-21(18(23)24-15)14-7-8-16(17(19)9-14)13-5-3-2-4-6-13;/h7-9,13,15H,2-6,10-11H2,1H3,(H,20,22);/t15-;/m0./s1. The third-order valence-electron chi connectivity index (χ3n) is 4.79. The number of hydrogen-bond donors (Lipinski definition) is 1. The normalized spacial score (nSPS) is 20.8. The molecule has 25 heavy (non-hydrogen) atoms. The van der Waals surface area contributed by atoms with Crippen molar-refractivity contribution in [3.8, 4) is 0 Å². The number of nitrogens with zero attached hydrogens (tertiary/aromatic N) is 1. The van der Waals surface area contributed by atoms with E-state index in [1.54, 1.807) is 12.1 Å². The zero-order valence-corrected chi connectivity index (χ0v) is 15.7. The monoisotopic (exact) mass is 385 g/mol. The molecule has 2 aliphatic rings. The van der Waals surface area contributed by atoms with Crippen LogP contribution in [-0.2, 0) is 28.1 Å². The summed E-state index contributed by atoms with van der Waals surface area (Å²) in [6.45, 7) is 1.98. The maximum absolute atomic E-state index is 14.5. The van der Waals surface area contributed by atoms with E-state index in [2.05, 4.69) is 5.32 Å². The van der Waals surface area contributed by atoms with Crippen molar-refractivity contribution in [2.24, 2.45) is 0 Å². The molecule has 0 aromatic heterocycles. The maximum Gasteiger partial charge on any atom is 0.414 e. The Kier molecular flexibility index (Phi) is 6.90. The molecule has 7 heteroatoms. The number of carbonyl (C=O) groups excluding carboxylic acids is 2. The number of hydrogen-bond acceptors (Lipinski definition) is 3. The zero-order chi connectivity index (χ0) is 17.1. The van der Waals surface area contributed by atoms with Crippen LogP contribution in [0.3, 0.4) is 0 Å². The molecule has 135 valence electrons. The van der Waals surface area contributed by atoms with Crippen molar-refractivity contribution in [3.63, 3.8) is 0 Å². The summed E-state index contributed by atoms with van der Waals surface area (Å²) in [7, 11) is 0. The van der Waals surface area contributed by atoms with Crippen LogP contribution in [0.4, 0.5) is 14.9 Å². The minimum atomic E-state index is -0.504. The van der Waals surface area contributed by atoms with Crippen LogP contribution in [0.25, 0.3) is 0 Å². The van der Waals surface area contributed by atoms with Gasteiger partial charge in [-0.1, -0.05) is 25.3 Å². The fourth-order valence-corrected chi connectivity index (χ4v) is 3.52. The topological polar surface area (TPSA) is 58.6 Å². The van der Waals surface area contributed by atoms with Gasteiger partial charge in [0.05, 0.1) is 18.8 Å². The second kappa shape index (κ2) is 8.72. The van der Waals surface area contributed by atoms with E-state index in [1.807, 2.05) is 0 Å². The van der Waals surface area contributed by atoms with Gasteiger partial charge in [0.1, 0.15) is 11.9 Å². The number of nitrogens with one attached hydrogen (secondary N) is 1. The molecule has 5 nitrogen and oxygen atoms in total. The molecule has 0 unspecified atom stereocenters. The molecular formula is C18H23FN2O3V. The van der Waals surface area contributed by atoms with Crippen molar-refractivity contribution in [1.29, 1.82) is 0 Å². The summed E-state index contributed by atoms with van der Waals surface area (Å²) < 4.78 is 19.7. The first-order chi connectivity index (χ1) is 11.5. The van der Waals surface area contributed by atoms with Crippen molar-refractivity contribution in [2.75, 3.05) is 18.0 Å². The average Bonchev–Trinajstić information content (AvgIpc) is 2.94. The van der Waals surface area contributed by atoms with Gasteiger partial charge in [-0.25, -0.2) is 9.18 Å². The Bertz CT molecular complexity index is 635. The van der Waals surface area contributed by atoms with Crippen LogP contribution in [0.5, 0.6) is 0 Å². The fraction of sp³-hybridized carbons (Fsp3) is 0.556. The Balaban J connectivity index is 0.00000225. The molecule has 1 aromatic carbocycles. The quantitative estimate of drug-likeness (QED) is 0.865. The predicted molar refractivity (Wildman–Crippen MR) is 88.5 cm³/mol. The van der Waals surface area contributed by atoms with Gasteiger partial charge in [0.15, 0.2) is 0 Å². The van der Waals surface area contributed by atoms with Gasteiger partial charge in [0.25, 0.3) is 0 Å². The predicted octanol–water partition coefficient (Wildman–Crippen LogP) is 3.33. The Labute approximate surface area is 159 Å². The Morgan fingerprint density at radius 1 is 1.32 bits per heavy atom. The van der Waals surface area contributed by atoms with Gasteiger partial charge in [-0.3, -0.25) is 9.69 Å². The molecule has 1 saturated carbocycles. The molecule has 1 N–H and O–H groups in total. The van der Waals surface area contributed by atoms with Crippen molar-refractivity contribution in [2.45, 2.75) is 51.0 Å². The number of halogens is 1. The average molecular weight is 385 g/mol. The van der Waals surface area contributed by atoms with E-state index < -0.39 is 12.2 Å². The number of carbonyl (C=O) groups is 2. The minimum Gasteiger partial charge on any atom is -0.442 e. The van der Waals surface area contributed by atoms with Crippen LogP contribution in [0.1, 0.15) is 50.5 Å². The number of ether oxygens (including phenoxy) is 1. The van der Waals surface area contributed by atoms with Crippen LogP contribution < -0.4 is 10.2 Å². The first kappa shape index (κ1) is 19.8. The SMILES string of the molecule is CC(=O)NC[C@H]1CN(c2ccc(C3CCCCC3)c(F)c2)C(=O)O1.[V]. The van der Waals surface area contributed by atoms with Crippen LogP contribution >= 0.6 is 0 Å². The van der Waals surface area contributed by atoms with Crippen molar-refractivity contribution >= 4 is 17.7 Å².